The van der Waals surface area contributed by atoms with Gasteiger partial charge in [-0.05, 0) is 139 Å². The Hall–Kier alpha value is -6.99. The van der Waals surface area contributed by atoms with Crippen molar-refractivity contribution in [3.8, 4) is 28.0 Å². The number of hydrogen-bond acceptors (Lipinski definition) is 15. The van der Waals surface area contributed by atoms with E-state index in [2.05, 4.69) is 64.0 Å². The van der Waals surface area contributed by atoms with Crippen LogP contribution in [-0.2, 0) is 22.7 Å². The Morgan fingerprint density at radius 1 is 0.606 bits per heavy atom. The third kappa shape index (κ3) is 11.3. The van der Waals surface area contributed by atoms with E-state index in [0.29, 0.717) is 68.9 Å². The third-order valence-corrected chi connectivity index (χ3v) is 15.0. The van der Waals surface area contributed by atoms with Gasteiger partial charge in [0.2, 0.25) is 11.9 Å². The molecule has 0 spiro atoms. The number of halogens is 1. The minimum absolute atomic E-state index is 0.178. The number of methoxy groups -OCH3 is 1. The summed E-state index contributed by atoms with van der Waals surface area (Å²) in [6, 6.07) is 28.3. The zero-order chi connectivity index (χ0) is 48.8. The van der Waals surface area contributed by atoms with Crippen LogP contribution in [0, 0.1) is 5.82 Å². The Labute approximate surface area is 418 Å². The van der Waals surface area contributed by atoms with E-state index in [0.717, 1.165) is 108 Å². The topological polar surface area (TPSA) is 201 Å². The SMILES string of the molecule is COc1cc(-c2cc(CN[C@H]3CC[C@H](Nc4nccc(/C=C5\SC(=O)NC5=O)n4)CC3)c3ccccc3c2F)ccc1-c1ccccc1CN[C@H]1CC[C@H](Nc2nccc(/C=C3\SC(=O)NC3=O)n2)CC1. The molecule has 18 heteroatoms. The molecule has 71 heavy (non-hydrogen) atoms. The number of carbonyl (C=O) groups is 4. The van der Waals surface area contributed by atoms with Crippen molar-refractivity contribution in [2.24, 2.45) is 0 Å². The van der Waals surface area contributed by atoms with Gasteiger partial charge in [-0.25, -0.2) is 24.3 Å². The van der Waals surface area contributed by atoms with Gasteiger partial charge in [0.15, 0.2) is 0 Å². The predicted molar refractivity (Wildman–Crippen MR) is 277 cm³/mol. The first-order valence-corrected chi connectivity index (χ1v) is 25.4. The van der Waals surface area contributed by atoms with Crippen LogP contribution < -0.4 is 36.6 Å². The van der Waals surface area contributed by atoms with E-state index in [1.54, 1.807) is 43.8 Å². The van der Waals surface area contributed by atoms with Crippen LogP contribution in [0.3, 0.4) is 0 Å². The molecule has 2 saturated carbocycles. The molecule has 4 amide bonds. The molecule has 4 heterocycles. The molecular formula is C53H51FN10O5S2. The number of fused-ring (bicyclic) bond motifs is 1. The molecule has 2 aliphatic carbocycles. The van der Waals surface area contributed by atoms with E-state index in [1.807, 2.05) is 60.7 Å². The maximum absolute atomic E-state index is 16.6. The predicted octanol–water partition coefficient (Wildman–Crippen LogP) is 9.58. The quantitative estimate of drug-likeness (QED) is 0.0531. The molecule has 6 aromatic rings. The fraction of sp³-hybridized carbons (Fsp3) is 0.283. The van der Waals surface area contributed by atoms with Gasteiger partial charge in [-0.2, -0.15) is 0 Å². The smallest absolute Gasteiger partial charge is 0.290 e. The van der Waals surface area contributed by atoms with E-state index < -0.39 is 17.1 Å². The number of amides is 4. The van der Waals surface area contributed by atoms with Crippen molar-refractivity contribution < 1.29 is 28.3 Å². The number of aromatic nitrogens is 4. The largest absolute Gasteiger partial charge is 0.496 e. The van der Waals surface area contributed by atoms with E-state index in [4.69, 9.17) is 4.74 Å². The Morgan fingerprint density at radius 3 is 1.68 bits per heavy atom. The molecule has 2 aromatic heterocycles. The van der Waals surface area contributed by atoms with E-state index in [9.17, 15) is 19.2 Å². The Bertz CT molecular complexity index is 3100. The minimum atomic E-state index is -0.423. The fourth-order valence-electron chi connectivity index (χ4n) is 9.70. The standard InChI is InChI=1S/C53H51FN10O5S2/c1-69-44-25-30(10-19-41(44)39-7-3-2-6-31(39)28-57-33-11-15-35(16-12-33)59-50-55-22-20-37(61-50)26-45-48(65)63-52(67)70-45)43-24-32(40-8-4-5-9-42(40)47(43)54)29-58-34-13-17-36(18-14-34)60-51-56-23-21-38(62-51)27-46-49(66)64-53(68)71-46/h2-10,19-27,33-36,57-58H,11-18,28-29H2,1H3,(H,55,59,61)(H,56,60,62)(H,63,65,67)(H,64,66,68)/b45-26-,46-27-/t33-,34-,35-,36-. The summed E-state index contributed by atoms with van der Waals surface area (Å²) < 4.78 is 22.6. The summed E-state index contributed by atoms with van der Waals surface area (Å²) in [4.78, 5) is 65.7. The van der Waals surface area contributed by atoms with Crippen molar-refractivity contribution in [3.63, 3.8) is 0 Å². The number of anilines is 2. The average molecular weight is 991 g/mol. The number of carbonyl (C=O) groups excluding carboxylic acids is 4. The second-order valence-corrected chi connectivity index (χ2v) is 20.0. The molecule has 6 N–H and O–H groups in total. The molecular weight excluding hydrogens is 940 g/mol. The molecule has 4 aliphatic rings. The van der Waals surface area contributed by atoms with Gasteiger partial charge in [-0.1, -0.05) is 60.7 Å². The van der Waals surface area contributed by atoms with Crippen LogP contribution in [0.4, 0.5) is 25.9 Å². The van der Waals surface area contributed by atoms with Gasteiger partial charge in [0, 0.05) is 66.2 Å². The highest BCUT2D eigenvalue weighted by Crippen LogP contribution is 2.39. The third-order valence-electron chi connectivity index (χ3n) is 13.4. The van der Waals surface area contributed by atoms with Crippen LogP contribution in [0.1, 0.15) is 73.9 Å². The summed E-state index contributed by atoms with van der Waals surface area (Å²) in [6.45, 7) is 1.24. The highest BCUT2D eigenvalue weighted by Gasteiger charge is 2.28. The Kier molecular flexibility index (Phi) is 14.5. The molecule has 2 saturated heterocycles. The van der Waals surface area contributed by atoms with Crippen LogP contribution in [0.15, 0.2) is 107 Å². The van der Waals surface area contributed by atoms with Crippen molar-refractivity contribution in [2.75, 3.05) is 17.7 Å². The van der Waals surface area contributed by atoms with Gasteiger partial charge in [-0.15, -0.1) is 0 Å². The van der Waals surface area contributed by atoms with Crippen molar-refractivity contribution in [3.05, 3.63) is 135 Å². The normalized spacial score (nSPS) is 21.4. The van der Waals surface area contributed by atoms with Crippen LogP contribution in [0.25, 0.3) is 45.2 Å². The van der Waals surface area contributed by atoms with Crippen LogP contribution in [-0.4, -0.2) is 73.5 Å². The molecule has 0 atom stereocenters. The maximum atomic E-state index is 16.6. The molecule has 4 fully saturated rings. The lowest BCUT2D eigenvalue weighted by Crippen LogP contribution is -2.37. The molecule has 4 aromatic carbocycles. The van der Waals surface area contributed by atoms with Gasteiger partial charge >= 0.3 is 0 Å². The summed E-state index contributed by atoms with van der Waals surface area (Å²) in [7, 11) is 1.66. The highest BCUT2D eigenvalue weighted by molar-refractivity contribution is 8.18. The second-order valence-electron chi connectivity index (χ2n) is 18.0. The number of hydrogen-bond donors (Lipinski definition) is 6. The number of ether oxygens (including phenoxy) is 1. The second kappa shape index (κ2) is 21.6. The maximum Gasteiger partial charge on any atom is 0.290 e. The van der Waals surface area contributed by atoms with Gasteiger partial charge in [0.25, 0.3) is 22.3 Å². The van der Waals surface area contributed by atoms with E-state index in [-0.39, 0.29) is 29.2 Å². The molecule has 15 nitrogen and oxygen atoms in total. The molecule has 362 valence electrons. The van der Waals surface area contributed by atoms with Crippen molar-refractivity contribution in [1.82, 2.24) is 41.2 Å². The summed E-state index contributed by atoms with van der Waals surface area (Å²) in [5, 5.41) is 19.7. The average Bonchev–Trinajstić information content (AvgIpc) is 3.88. The van der Waals surface area contributed by atoms with E-state index >= 15 is 4.39 Å². The summed E-state index contributed by atoms with van der Waals surface area (Å²) >= 11 is 1.72. The van der Waals surface area contributed by atoms with Gasteiger partial charge < -0.3 is 26.0 Å². The first-order chi connectivity index (χ1) is 34.6. The molecule has 0 bridgehead atoms. The lowest BCUT2D eigenvalue weighted by molar-refractivity contribution is -0.116. The number of nitrogens with zero attached hydrogens (tertiary/aromatic N) is 4. The molecule has 0 radical (unpaired) electrons. The zero-order valence-electron chi connectivity index (χ0n) is 38.8. The minimum Gasteiger partial charge on any atom is -0.496 e. The first kappa shape index (κ1) is 47.7. The van der Waals surface area contributed by atoms with Crippen molar-refractivity contribution in [1.29, 1.82) is 0 Å². The lowest BCUT2D eigenvalue weighted by Gasteiger charge is -2.30. The van der Waals surface area contributed by atoms with Crippen LogP contribution >= 0.6 is 23.5 Å². The summed E-state index contributed by atoms with van der Waals surface area (Å²) in [5.74, 6) is 0.517. The highest BCUT2D eigenvalue weighted by atomic mass is 32.2. The van der Waals surface area contributed by atoms with Crippen LogP contribution in [0.5, 0.6) is 5.75 Å². The Morgan fingerprint density at radius 2 is 1.13 bits per heavy atom. The first-order valence-electron chi connectivity index (χ1n) is 23.7. The number of benzene rings is 4. The monoisotopic (exact) mass is 990 g/mol. The summed E-state index contributed by atoms with van der Waals surface area (Å²) in [6.07, 6.45) is 13.9. The molecule has 10 rings (SSSR count). The molecule has 0 unspecified atom stereocenters. The Balaban J connectivity index is 0.763. The van der Waals surface area contributed by atoms with E-state index in [1.165, 1.54) is 0 Å². The number of nitrogens with one attached hydrogen (secondary N) is 6. The number of thioether (sulfide) groups is 2. The number of rotatable bonds is 15. The number of imide groups is 2. The molecule has 2 aliphatic heterocycles. The van der Waals surface area contributed by atoms with Gasteiger partial charge in [-0.3, -0.25) is 29.8 Å². The van der Waals surface area contributed by atoms with Crippen molar-refractivity contribution in [2.45, 2.75) is 88.6 Å². The fourth-order valence-corrected chi connectivity index (χ4v) is 11.0. The van der Waals surface area contributed by atoms with Crippen LogP contribution in [0.2, 0.25) is 0 Å². The van der Waals surface area contributed by atoms with Gasteiger partial charge in [0.05, 0.1) is 28.3 Å². The zero-order valence-corrected chi connectivity index (χ0v) is 40.4. The van der Waals surface area contributed by atoms with Gasteiger partial charge in [0.1, 0.15) is 11.6 Å². The van der Waals surface area contributed by atoms with Crippen molar-refractivity contribution >= 4 is 80.6 Å². The summed E-state index contributed by atoms with van der Waals surface area (Å²) in [5.41, 5.74) is 6.47. The lowest BCUT2D eigenvalue weighted by atomic mass is 9.90.